The Bertz CT molecular complexity index is 596. The maximum atomic E-state index is 8.79. The van der Waals surface area contributed by atoms with E-state index in [9.17, 15) is 0 Å². The van der Waals surface area contributed by atoms with E-state index in [1.54, 1.807) is 23.6 Å². The predicted octanol–water partition coefficient (Wildman–Crippen LogP) is 2.82. The molecule has 2 aromatic rings. The molecule has 2 N–H and O–H groups in total. The second-order valence-electron chi connectivity index (χ2n) is 5.00. The summed E-state index contributed by atoms with van der Waals surface area (Å²) in [5.74, 6) is 1.73. The van der Waals surface area contributed by atoms with Crippen LogP contribution in [0.5, 0.6) is 5.88 Å². The van der Waals surface area contributed by atoms with E-state index in [0.717, 1.165) is 35.0 Å². The fourth-order valence-corrected chi connectivity index (χ4v) is 3.09. The average Bonchev–Trinajstić information content (AvgIpc) is 2.80. The molecule has 0 saturated carbocycles. The molecule has 6 heteroatoms. The van der Waals surface area contributed by atoms with E-state index < -0.39 is 0 Å². The van der Waals surface area contributed by atoms with Gasteiger partial charge in [0.15, 0.2) is 0 Å². The lowest BCUT2D eigenvalue weighted by molar-refractivity contribution is 0.296. The maximum Gasteiger partial charge on any atom is 0.216 e. The predicted molar refractivity (Wildman–Crippen MR) is 90.7 cm³/mol. The molecule has 1 heterocycles. The molecule has 0 atom stereocenters. The molecule has 0 amide bonds. The molecule has 0 bridgehead atoms. The monoisotopic (exact) mass is 321 g/mol. The van der Waals surface area contributed by atoms with Gasteiger partial charge in [0.05, 0.1) is 18.4 Å². The molecule has 0 aliphatic rings. The highest BCUT2D eigenvalue weighted by molar-refractivity contribution is 7.99. The summed E-state index contributed by atoms with van der Waals surface area (Å²) >= 11 is 1.76. The molecule has 2 rings (SSSR count). The summed E-state index contributed by atoms with van der Waals surface area (Å²) in [6.45, 7) is 2.92. The van der Waals surface area contributed by atoms with E-state index in [1.165, 1.54) is 4.90 Å². The van der Waals surface area contributed by atoms with E-state index >= 15 is 0 Å². The number of ether oxygens (including phenoxy) is 1. The number of nitrogens with one attached hydrogen (secondary N) is 1. The third-order valence-corrected chi connectivity index (χ3v) is 4.48. The van der Waals surface area contributed by atoms with Gasteiger partial charge < -0.3 is 15.2 Å². The van der Waals surface area contributed by atoms with Gasteiger partial charge in [-0.25, -0.2) is 4.68 Å². The average molecular weight is 321 g/mol. The largest absolute Gasteiger partial charge is 0.481 e. The van der Waals surface area contributed by atoms with Crippen molar-refractivity contribution in [2.45, 2.75) is 24.8 Å². The van der Waals surface area contributed by atoms with E-state index in [0.29, 0.717) is 6.54 Å². The highest BCUT2D eigenvalue weighted by atomic mass is 32.2. The molecule has 0 radical (unpaired) electrons. The Morgan fingerprint density at radius 3 is 2.68 bits per heavy atom. The van der Waals surface area contributed by atoms with Crippen LogP contribution in [0.25, 0.3) is 0 Å². The smallest absolute Gasteiger partial charge is 0.216 e. The molecular weight excluding hydrogens is 298 g/mol. The molecule has 0 aliphatic carbocycles. The Morgan fingerprint density at radius 1 is 1.32 bits per heavy atom. The lowest BCUT2D eigenvalue weighted by Crippen LogP contribution is -2.02. The first-order chi connectivity index (χ1) is 10.7. The molecule has 1 aromatic heterocycles. The molecule has 22 heavy (non-hydrogen) atoms. The van der Waals surface area contributed by atoms with E-state index in [4.69, 9.17) is 9.84 Å². The van der Waals surface area contributed by atoms with Crippen LogP contribution >= 0.6 is 11.8 Å². The van der Waals surface area contributed by atoms with Crippen LogP contribution in [0, 0.1) is 6.92 Å². The van der Waals surface area contributed by atoms with Crippen LogP contribution in [0.15, 0.2) is 29.2 Å². The van der Waals surface area contributed by atoms with E-state index in [-0.39, 0.29) is 6.61 Å². The van der Waals surface area contributed by atoms with E-state index in [1.807, 2.05) is 14.0 Å². The summed E-state index contributed by atoms with van der Waals surface area (Å²) in [5, 5.41) is 16.6. The summed E-state index contributed by atoms with van der Waals surface area (Å²) in [7, 11) is 3.55. The van der Waals surface area contributed by atoms with Crippen LogP contribution in [-0.2, 0) is 13.6 Å². The summed E-state index contributed by atoms with van der Waals surface area (Å²) in [5.41, 5.74) is 3.12. The summed E-state index contributed by atoms with van der Waals surface area (Å²) < 4.78 is 7.15. The molecule has 1 aromatic carbocycles. The number of thioether (sulfide) groups is 1. The Hall–Kier alpha value is -1.66. The van der Waals surface area contributed by atoms with Crippen molar-refractivity contribution in [1.82, 2.24) is 9.78 Å². The SMILES string of the molecule is COc1c(CNc2ccc(SCCCO)cc2)c(C)nn1C. The second kappa shape index (κ2) is 8.10. The van der Waals surface area contributed by atoms with Crippen molar-refractivity contribution in [3.8, 4) is 5.88 Å². The Labute approximate surface area is 135 Å². The number of benzene rings is 1. The normalized spacial score (nSPS) is 10.7. The summed E-state index contributed by atoms with van der Waals surface area (Å²) in [6.07, 6.45) is 0.824. The minimum Gasteiger partial charge on any atom is -0.481 e. The zero-order valence-electron chi connectivity index (χ0n) is 13.3. The van der Waals surface area contributed by atoms with Crippen LogP contribution < -0.4 is 10.1 Å². The van der Waals surface area contributed by atoms with Crippen LogP contribution in [0.3, 0.4) is 0 Å². The number of methoxy groups -OCH3 is 1. The molecule has 120 valence electrons. The number of aromatic nitrogens is 2. The van der Waals surface area contributed by atoms with Gasteiger partial charge in [0.1, 0.15) is 0 Å². The third kappa shape index (κ3) is 4.18. The summed E-state index contributed by atoms with van der Waals surface area (Å²) in [4.78, 5) is 1.22. The van der Waals surface area contributed by atoms with Crippen molar-refractivity contribution in [3.63, 3.8) is 0 Å². The van der Waals surface area contributed by atoms with Crippen LogP contribution in [0.1, 0.15) is 17.7 Å². The molecule has 0 fully saturated rings. The molecule has 0 spiro atoms. The van der Waals surface area contributed by atoms with Crippen molar-refractivity contribution in [3.05, 3.63) is 35.5 Å². The zero-order chi connectivity index (χ0) is 15.9. The van der Waals surface area contributed by atoms with Crippen molar-refractivity contribution in [1.29, 1.82) is 0 Å². The minimum absolute atomic E-state index is 0.249. The van der Waals surface area contributed by atoms with Crippen molar-refractivity contribution in [2.24, 2.45) is 7.05 Å². The Morgan fingerprint density at radius 2 is 2.05 bits per heavy atom. The van der Waals surface area contributed by atoms with Crippen LogP contribution in [0.4, 0.5) is 5.69 Å². The van der Waals surface area contributed by atoms with Gasteiger partial charge in [0, 0.05) is 36.5 Å². The second-order valence-corrected chi connectivity index (χ2v) is 6.17. The number of aliphatic hydroxyl groups excluding tert-OH is 1. The van der Waals surface area contributed by atoms with Crippen molar-refractivity contribution < 1.29 is 9.84 Å². The number of nitrogens with zero attached hydrogens (tertiary/aromatic N) is 2. The number of hydrogen-bond acceptors (Lipinski definition) is 5. The fourth-order valence-electron chi connectivity index (χ4n) is 2.25. The minimum atomic E-state index is 0.249. The van der Waals surface area contributed by atoms with Crippen LogP contribution in [0.2, 0.25) is 0 Å². The van der Waals surface area contributed by atoms with Gasteiger partial charge in [-0.15, -0.1) is 11.8 Å². The van der Waals surface area contributed by atoms with Gasteiger partial charge in [-0.2, -0.15) is 5.10 Å². The molecule has 0 aliphatic heterocycles. The third-order valence-electron chi connectivity index (χ3n) is 3.38. The molecular formula is C16H23N3O2S. The summed E-state index contributed by atoms with van der Waals surface area (Å²) in [6, 6.07) is 8.33. The molecule has 0 saturated heterocycles. The first-order valence-corrected chi connectivity index (χ1v) is 8.28. The van der Waals surface area contributed by atoms with Gasteiger partial charge in [-0.05, 0) is 37.6 Å². The van der Waals surface area contributed by atoms with Crippen molar-refractivity contribution in [2.75, 3.05) is 24.8 Å². The topological polar surface area (TPSA) is 59.3 Å². The van der Waals surface area contributed by atoms with Gasteiger partial charge in [-0.3, -0.25) is 0 Å². The first-order valence-electron chi connectivity index (χ1n) is 7.29. The highest BCUT2D eigenvalue weighted by Gasteiger charge is 2.13. The van der Waals surface area contributed by atoms with Gasteiger partial charge in [-0.1, -0.05) is 0 Å². The number of hydrogen-bond donors (Lipinski definition) is 2. The maximum absolute atomic E-state index is 8.79. The number of rotatable bonds is 8. The Kier molecular flexibility index (Phi) is 6.15. The number of aryl methyl sites for hydroxylation is 2. The van der Waals surface area contributed by atoms with Crippen LogP contribution in [-0.4, -0.2) is 34.4 Å². The quantitative estimate of drug-likeness (QED) is 0.578. The first kappa shape index (κ1) is 16.7. The van der Waals surface area contributed by atoms with Crippen molar-refractivity contribution >= 4 is 17.4 Å². The van der Waals surface area contributed by atoms with Gasteiger partial charge in [0.25, 0.3) is 0 Å². The lowest BCUT2D eigenvalue weighted by atomic mass is 10.2. The lowest BCUT2D eigenvalue weighted by Gasteiger charge is -2.09. The van der Waals surface area contributed by atoms with Gasteiger partial charge in [0.2, 0.25) is 5.88 Å². The Balaban J connectivity index is 1.94. The molecule has 5 nitrogen and oxygen atoms in total. The zero-order valence-corrected chi connectivity index (χ0v) is 14.1. The standard InChI is InChI=1S/C16H23N3O2S/c1-12-15(16(21-3)19(2)18-12)11-17-13-5-7-14(8-6-13)22-10-4-9-20/h5-8,17,20H,4,9-11H2,1-3H3. The van der Waals surface area contributed by atoms with E-state index in [2.05, 4.69) is 34.7 Å². The fraction of sp³-hybridized carbons (Fsp3) is 0.438. The molecule has 0 unspecified atom stereocenters. The highest BCUT2D eigenvalue weighted by Crippen LogP contribution is 2.24. The van der Waals surface area contributed by atoms with Gasteiger partial charge >= 0.3 is 0 Å². The number of aliphatic hydroxyl groups is 1. The number of anilines is 1.